The number of carbonyl (C=O) groups is 1. The number of piperidine rings is 1. The summed E-state index contributed by atoms with van der Waals surface area (Å²) in [6.07, 6.45) is 3.10. The van der Waals surface area contributed by atoms with E-state index in [1.54, 1.807) is 6.26 Å². The fourth-order valence-corrected chi connectivity index (χ4v) is 2.21. The van der Waals surface area contributed by atoms with E-state index in [1.165, 1.54) is 0 Å². The zero-order valence-corrected chi connectivity index (χ0v) is 8.39. The van der Waals surface area contributed by atoms with Crippen LogP contribution in [0.25, 0.3) is 0 Å². The van der Waals surface area contributed by atoms with Crippen molar-refractivity contribution in [3.8, 4) is 0 Å². The Labute approximate surface area is 75.7 Å². The lowest BCUT2D eigenvalue weighted by Gasteiger charge is -2.28. The molecule has 0 N–H and O–H groups in total. The second kappa shape index (κ2) is 4.14. The van der Waals surface area contributed by atoms with Crippen molar-refractivity contribution in [3.63, 3.8) is 0 Å². The first-order chi connectivity index (χ1) is 5.65. The van der Waals surface area contributed by atoms with Gasteiger partial charge in [-0.3, -0.25) is 4.79 Å². The number of hydrogen-bond donors (Lipinski definition) is 0. The molecule has 2 unspecified atom stereocenters. The summed E-state index contributed by atoms with van der Waals surface area (Å²) in [6.45, 7) is 3.35. The number of carbonyl (C=O) groups excluding carboxylic acids is 1. The van der Waals surface area contributed by atoms with Crippen LogP contribution >= 0.6 is 0 Å². The molecule has 0 aromatic carbocycles. The smallest absolute Gasteiger partial charge is 0.138 e. The van der Waals surface area contributed by atoms with Gasteiger partial charge in [-0.2, -0.15) is 0 Å². The molecule has 1 fully saturated rings. The van der Waals surface area contributed by atoms with Crippen LogP contribution in [0.15, 0.2) is 0 Å². The van der Waals surface area contributed by atoms with Gasteiger partial charge in [0.25, 0.3) is 0 Å². The molecule has 1 aliphatic rings. The van der Waals surface area contributed by atoms with Crippen LogP contribution in [0.3, 0.4) is 0 Å². The topological polar surface area (TPSA) is 37.4 Å². The van der Waals surface area contributed by atoms with E-state index in [1.807, 2.05) is 11.2 Å². The quantitative estimate of drug-likeness (QED) is 0.637. The van der Waals surface area contributed by atoms with E-state index in [2.05, 4.69) is 0 Å². The molecule has 0 spiro atoms. The molecule has 1 heterocycles. The third-order valence-corrected chi connectivity index (χ3v) is 3.40. The maximum Gasteiger partial charge on any atom is 0.138 e. The molecule has 3 nitrogen and oxygen atoms in total. The number of ketones is 1. The van der Waals surface area contributed by atoms with Crippen molar-refractivity contribution in [2.24, 2.45) is 5.92 Å². The summed E-state index contributed by atoms with van der Waals surface area (Å²) in [6, 6.07) is 0. The van der Waals surface area contributed by atoms with E-state index in [9.17, 15) is 9.00 Å². The lowest BCUT2D eigenvalue weighted by Crippen LogP contribution is -2.41. The van der Waals surface area contributed by atoms with Crippen LogP contribution in [0.5, 0.6) is 0 Å². The molecule has 0 aromatic rings. The number of hydrogen-bond acceptors (Lipinski definition) is 2. The monoisotopic (exact) mass is 189 g/mol. The maximum atomic E-state index is 11.3. The van der Waals surface area contributed by atoms with Crippen LogP contribution in [0.2, 0.25) is 0 Å². The van der Waals surface area contributed by atoms with Crippen LogP contribution in [0.4, 0.5) is 0 Å². The van der Waals surface area contributed by atoms with Crippen LogP contribution in [0.1, 0.15) is 19.8 Å². The highest BCUT2D eigenvalue weighted by molar-refractivity contribution is 7.81. The van der Waals surface area contributed by atoms with Gasteiger partial charge in [0, 0.05) is 31.7 Å². The van der Waals surface area contributed by atoms with Gasteiger partial charge in [0.15, 0.2) is 0 Å². The van der Waals surface area contributed by atoms with Crippen molar-refractivity contribution in [3.05, 3.63) is 0 Å². The molecule has 70 valence electrons. The zero-order valence-electron chi connectivity index (χ0n) is 7.58. The van der Waals surface area contributed by atoms with Gasteiger partial charge in [-0.15, -0.1) is 0 Å². The predicted molar refractivity (Wildman–Crippen MR) is 49.0 cm³/mol. The van der Waals surface area contributed by atoms with E-state index in [4.69, 9.17) is 0 Å². The molecule has 4 heteroatoms. The molecule has 0 aromatic heterocycles. The van der Waals surface area contributed by atoms with Gasteiger partial charge in [-0.05, 0) is 6.42 Å². The molecule has 0 saturated carbocycles. The Hall–Kier alpha value is -0.220. The summed E-state index contributed by atoms with van der Waals surface area (Å²) < 4.78 is 13.0. The Bertz CT molecular complexity index is 205. The molecular weight excluding hydrogens is 174 g/mol. The SMILES string of the molecule is CCC1CN(S(C)=O)CCC1=O. The van der Waals surface area contributed by atoms with E-state index in [0.29, 0.717) is 25.3 Å². The van der Waals surface area contributed by atoms with E-state index in [-0.39, 0.29) is 5.92 Å². The standard InChI is InChI=1S/C8H15NO2S/c1-3-7-6-9(12(2)11)5-4-8(7)10/h7H,3-6H2,1-2H3. The Morgan fingerprint density at radius 1 is 1.67 bits per heavy atom. The van der Waals surface area contributed by atoms with Crippen LogP contribution in [0, 0.1) is 5.92 Å². The highest BCUT2D eigenvalue weighted by Crippen LogP contribution is 2.16. The van der Waals surface area contributed by atoms with Gasteiger partial charge in [-0.25, -0.2) is 8.51 Å². The molecule has 0 amide bonds. The molecule has 2 atom stereocenters. The van der Waals surface area contributed by atoms with Crippen molar-refractivity contribution in [1.82, 2.24) is 4.31 Å². The minimum Gasteiger partial charge on any atom is -0.299 e. The first kappa shape index (κ1) is 9.86. The number of rotatable bonds is 2. The summed E-state index contributed by atoms with van der Waals surface area (Å²) in [5.41, 5.74) is 0. The van der Waals surface area contributed by atoms with Crippen molar-refractivity contribution < 1.29 is 9.00 Å². The summed E-state index contributed by atoms with van der Waals surface area (Å²) in [7, 11) is -0.908. The third-order valence-electron chi connectivity index (χ3n) is 2.34. The van der Waals surface area contributed by atoms with Gasteiger partial charge in [0.05, 0.1) is 11.0 Å². The fraction of sp³-hybridized carbons (Fsp3) is 0.875. The molecule has 0 bridgehead atoms. The third kappa shape index (κ3) is 2.14. The highest BCUT2D eigenvalue weighted by atomic mass is 32.2. The largest absolute Gasteiger partial charge is 0.299 e. The Kier molecular flexibility index (Phi) is 3.40. The van der Waals surface area contributed by atoms with Crippen LogP contribution in [-0.2, 0) is 15.8 Å². The second-order valence-corrected chi connectivity index (χ2v) is 4.50. The highest BCUT2D eigenvalue weighted by Gasteiger charge is 2.26. The van der Waals surface area contributed by atoms with Crippen molar-refractivity contribution in [2.75, 3.05) is 19.3 Å². The number of nitrogens with zero attached hydrogens (tertiary/aromatic N) is 1. The van der Waals surface area contributed by atoms with Crippen molar-refractivity contribution in [2.45, 2.75) is 19.8 Å². The minimum atomic E-state index is -0.908. The molecule has 1 aliphatic heterocycles. The molecular formula is C8H15NO2S. The minimum absolute atomic E-state index is 0.114. The van der Waals surface area contributed by atoms with Crippen molar-refractivity contribution in [1.29, 1.82) is 0 Å². The van der Waals surface area contributed by atoms with Crippen molar-refractivity contribution >= 4 is 16.8 Å². The van der Waals surface area contributed by atoms with E-state index < -0.39 is 11.0 Å². The summed E-state index contributed by atoms with van der Waals surface area (Å²) in [4.78, 5) is 11.3. The molecule has 1 rings (SSSR count). The van der Waals surface area contributed by atoms with Gasteiger partial charge in [-0.1, -0.05) is 6.92 Å². The summed E-state index contributed by atoms with van der Waals surface area (Å²) in [5, 5.41) is 0. The first-order valence-electron chi connectivity index (χ1n) is 4.26. The van der Waals surface area contributed by atoms with E-state index >= 15 is 0 Å². The molecule has 0 radical (unpaired) electrons. The normalized spacial score (nSPS) is 28.8. The Morgan fingerprint density at radius 3 is 2.83 bits per heavy atom. The van der Waals surface area contributed by atoms with Gasteiger partial charge in [0.2, 0.25) is 0 Å². The fourth-order valence-electron chi connectivity index (χ4n) is 1.47. The second-order valence-electron chi connectivity index (χ2n) is 3.13. The average Bonchev–Trinajstić information content (AvgIpc) is 2.05. The predicted octanol–water partition coefficient (Wildman–Crippen LogP) is 0.581. The first-order valence-corrected chi connectivity index (χ1v) is 5.77. The molecule has 12 heavy (non-hydrogen) atoms. The summed E-state index contributed by atoms with van der Waals surface area (Å²) in [5.74, 6) is 0.446. The molecule has 1 saturated heterocycles. The molecule has 0 aliphatic carbocycles. The number of Topliss-reactive ketones (excluding diaryl/α,β-unsaturated/α-hetero) is 1. The lowest BCUT2D eigenvalue weighted by atomic mass is 9.96. The zero-order chi connectivity index (χ0) is 9.14. The van der Waals surface area contributed by atoms with Gasteiger partial charge < -0.3 is 0 Å². The van der Waals surface area contributed by atoms with Crippen LogP contribution < -0.4 is 0 Å². The van der Waals surface area contributed by atoms with Crippen LogP contribution in [-0.4, -0.2) is 33.6 Å². The lowest BCUT2D eigenvalue weighted by molar-refractivity contribution is -0.125. The van der Waals surface area contributed by atoms with Gasteiger partial charge in [0.1, 0.15) is 5.78 Å². The van der Waals surface area contributed by atoms with E-state index in [0.717, 1.165) is 6.42 Å². The Balaban J connectivity index is 2.55. The Morgan fingerprint density at radius 2 is 2.33 bits per heavy atom. The summed E-state index contributed by atoms with van der Waals surface area (Å²) >= 11 is 0. The average molecular weight is 189 g/mol. The van der Waals surface area contributed by atoms with Gasteiger partial charge >= 0.3 is 0 Å². The maximum absolute atomic E-state index is 11.3.